The van der Waals surface area contributed by atoms with Gasteiger partial charge in [-0.15, -0.1) is 0 Å². The molecule has 0 aliphatic carbocycles. The number of methoxy groups -OCH3 is 1. The molecule has 1 aliphatic rings. The molecule has 1 aromatic carbocycles. The summed E-state index contributed by atoms with van der Waals surface area (Å²) >= 11 is 0. The van der Waals surface area contributed by atoms with Gasteiger partial charge in [-0.25, -0.2) is 9.18 Å². The van der Waals surface area contributed by atoms with Crippen LogP contribution in [0.15, 0.2) is 40.9 Å². The van der Waals surface area contributed by atoms with Crippen LogP contribution in [-0.2, 0) is 9.53 Å². The highest BCUT2D eigenvalue weighted by Gasteiger charge is 2.42. The van der Waals surface area contributed by atoms with Gasteiger partial charge in [0.2, 0.25) is 0 Å². The number of allylic oxidation sites excluding steroid dienone is 3. The van der Waals surface area contributed by atoms with E-state index in [1.807, 2.05) is 0 Å². The molecule has 0 fully saturated rings. The number of halogens is 1. The van der Waals surface area contributed by atoms with Crippen LogP contribution in [0, 0.1) is 15.9 Å². The molecule has 26 heavy (non-hydrogen) atoms. The Morgan fingerprint density at radius 3 is 2.46 bits per heavy atom. The monoisotopic (exact) mass is 364 g/mol. The predicted molar refractivity (Wildman–Crippen MR) is 92.5 cm³/mol. The first-order valence-electron chi connectivity index (χ1n) is 8.04. The van der Waals surface area contributed by atoms with Gasteiger partial charge in [0.15, 0.2) is 0 Å². The lowest BCUT2D eigenvalue weighted by Crippen LogP contribution is -2.32. The van der Waals surface area contributed by atoms with Crippen molar-refractivity contribution in [2.75, 3.05) is 7.11 Å². The molecule has 1 N–H and O–H groups in total. The van der Waals surface area contributed by atoms with Crippen LogP contribution in [0.3, 0.4) is 0 Å². The summed E-state index contributed by atoms with van der Waals surface area (Å²) in [6.07, 6.45) is -0.421. The van der Waals surface area contributed by atoms with E-state index in [1.165, 1.54) is 26.2 Å². The van der Waals surface area contributed by atoms with Gasteiger partial charge >= 0.3 is 5.97 Å². The van der Waals surface area contributed by atoms with Gasteiger partial charge < -0.3 is 14.8 Å². The zero-order valence-corrected chi connectivity index (χ0v) is 15.3. The second-order valence-corrected chi connectivity index (χ2v) is 6.21. The van der Waals surface area contributed by atoms with Crippen molar-refractivity contribution in [3.8, 4) is 5.75 Å². The van der Waals surface area contributed by atoms with E-state index >= 15 is 0 Å². The summed E-state index contributed by atoms with van der Waals surface area (Å²) in [6, 6.07) is 4.01. The summed E-state index contributed by atoms with van der Waals surface area (Å²) in [5, 5.41) is 14.5. The van der Waals surface area contributed by atoms with E-state index < -0.39 is 28.7 Å². The molecule has 1 aromatic rings. The summed E-state index contributed by atoms with van der Waals surface area (Å²) in [4.78, 5) is 23.7. The van der Waals surface area contributed by atoms with Crippen molar-refractivity contribution in [1.82, 2.24) is 5.32 Å². The number of hydrogen-bond acceptors (Lipinski definition) is 6. The summed E-state index contributed by atoms with van der Waals surface area (Å²) < 4.78 is 24.9. The lowest BCUT2D eigenvalue weighted by Gasteiger charge is -2.27. The minimum atomic E-state index is -1.19. The van der Waals surface area contributed by atoms with E-state index in [2.05, 4.69) is 5.32 Å². The molecule has 0 saturated heterocycles. The van der Waals surface area contributed by atoms with Crippen LogP contribution in [0.5, 0.6) is 5.75 Å². The molecule has 1 heterocycles. The van der Waals surface area contributed by atoms with Crippen molar-refractivity contribution < 1.29 is 23.6 Å². The van der Waals surface area contributed by atoms with E-state index in [4.69, 9.17) is 9.47 Å². The molecule has 7 nitrogen and oxygen atoms in total. The summed E-state index contributed by atoms with van der Waals surface area (Å²) in [5.41, 5.74) is 0.358. The molecule has 1 atom stereocenters. The molecule has 0 radical (unpaired) electrons. The fraction of sp³-hybridized carbons (Fsp3) is 0.389. The van der Waals surface area contributed by atoms with Crippen LogP contribution in [-0.4, -0.2) is 24.1 Å². The van der Waals surface area contributed by atoms with Crippen molar-refractivity contribution in [1.29, 1.82) is 0 Å². The van der Waals surface area contributed by atoms with E-state index in [1.54, 1.807) is 20.8 Å². The molecule has 0 bridgehead atoms. The Kier molecular flexibility index (Phi) is 5.64. The molecule has 0 saturated carbocycles. The average molecular weight is 364 g/mol. The maximum absolute atomic E-state index is 14.7. The number of carbonyl (C=O) groups is 1. The zero-order valence-electron chi connectivity index (χ0n) is 15.3. The third kappa shape index (κ3) is 3.68. The molecular weight excluding hydrogens is 343 g/mol. The highest BCUT2D eigenvalue weighted by atomic mass is 19.1. The van der Waals surface area contributed by atoms with Crippen molar-refractivity contribution >= 4 is 5.97 Å². The highest BCUT2D eigenvalue weighted by molar-refractivity contribution is 5.92. The topological polar surface area (TPSA) is 90.7 Å². The highest BCUT2D eigenvalue weighted by Crippen LogP contribution is 2.40. The fourth-order valence-electron chi connectivity index (χ4n) is 2.94. The van der Waals surface area contributed by atoms with E-state index in [0.717, 1.165) is 6.07 Å². The fourth-order valence-corrected chi connectivity index (χ4v) is 2.94. The standard InChI is InChI=1S/C18H21FN2O5/c1-9(2)26-18(22)15-10(3)20-11(4)17(21(23)24)16(15)13-7-6-12(25-5)8-14(13)19/h6-9,16,20H,1-5H3/t16-/m1/s1. The molecule has 140 valence electrons. The molecule has 0 aromatic heterocycles. The number of esters is 1. The number of carbonyl (C=O) groups excluding carboxylic acids is 1. The Bertz CT molecular complexity index is 814. The van der Waals surface area contributed by atoms with Gasteiger partial charge in [-0.3, -0.25) is 10.1 Å². The predicted octanol–water partition coefficient (Wildman–Crippen LogP) is 3.25. The molecule has 8 heteroatoms. The van der Waals surface area contributed by atoms with Gasteiger partial charge in [-0.2, -0.15) is 0 Å². The summed E-state index contributed by atoms with van der Waals surface area (Å²) in [5.74, 6) is -2.35. The number of ether oxygens (including phenoxy) is 2. The van der Waals surface area contributed by atoms with Crippen molar-refractivity contribution in [2.45, 2.75) is 39.7 Å². The first-order chi connectivity index (χ1) is 12.2. The SMILES string of the molecule is COc1ccc([C@@H]2C(C(=O)OC(C)C)=C(C)NC(C)=C2[N+](=O)[O-])c(F)c1. The molecule has 0 unspecified atom stereocenters. The van der Waals surface area contributed by atoms with Crippen LogP contribution < -0.4 is 10.1 Å². The first kappa shape index (κ1) is 19.4. The third-order valence-electron chi connectivity index (χ3n) is 4.00. The smallest absolute Gasteiger partial charge is 0.337 e. The maximum atomic E-state index is 14.7. The Balaban J connectivity index is 2.68. The number of benzene rings is 1. The van der Waals surface area contributed by atoms with Crippen molar-refractivity contribution in [2.24, 2.45) is 0 Å². The number of nitro groups is 1. The molecule has 2 rings (SSSR count). The van der Waals surface area contributed by atoms with Crippen LogP contribution >= 0.6 is 0 Å². The second kappa shape index (κ2) is 7.55. The Hall–Kier alpha value is -2.90. The van der Waals surface area contributed by atoms with Gasteiger partial charge in [0.05, 0.1) is 29.4 Å². The van der Waals surface area contributed by atoms with Gasteiger partial charge in [0.25, 0.3) is 5.70 Å². The largest absolute Gasteiger partial charge is 0.497 e. The van der Waals surface area contributed by atoms with Crippen molar-refractivity contribution in [3.63, 3.8) is 0 Å². The van der Waals surface area contributed by atoms with Crippen LogP contribution in [0.1, 0.15) is 39.2 Å². The van der Waals surface area contributed by atoms with Crippen LogP contribution in [0.25, 0.3) is 0 Å². The molecule has 0 amide bonds. The quantitative estimate of drug-likeness (QED) is 0.490. The summed E-state index contributed by atoms with van der Waals surface area (Å²) in [7, 11) is 1.39. The van der Waals surface area contributed by atoms with Crippen LogP contribution in [0.2, 0.25) is 0 Å². The second-order valence-electron chi connectivity index (χ2n) is 6.21. The maximum Gasteiger partial charge on any atom is 0.337 e. The van der Waals surface area contributed by atoms with Crippen molar-refractivity contribution in [3.05, 3.63) is 62.4 Å². The third-order valence-corrected chi connectivity index (χ3v) is 4.00. The number of hydrogen-bond donors (Lipinski definition) is 1. The Morgan fingerprint density at radius 1 is 1.31 bits per heavy atom. The Labute approximate surface area is 150 Å². The average Bonchev–Trinajstić information content (AvgIpc) is 2.52. The number of rotatable bonds is 5. The normalized spacial score (nSPS) is 17.3. The zero-order chi connectivity index (χ0) is 19.6. The van der Waals surface area contributed by atoms with E-state index in [9.17, 15) is 19.3 Å². The van der Waals surface area contributed by atoms with Gasteiger partial charge in [0.1, 0.15) is 17.5 Å². The number of nitrogens with zero attached hydrogens (tertiary/aromatic N) is 1. The number of dihydropyridines is 1. The summed E-state index contributed by atoms with van der Waals surface area (Å²) in [6.45, 7) is 6.46. The lowest BCUT2D eigenvalue weighted by atomic mass is 9.83. The van der Waals surface area contributed by atoms with E-state index in [0.29, 0.717) is 5.70 Å². The molecular formula is C18H21FN2O5. The van der Waals surface area contributed by atoms with Gasteiger partial charge in [-0.05, 0) is 33.8 Å². The minimum Gasteiger partial charge on any atom is -0.497 e. The Morgan fingerprint density at radius 2 is 1.96 bits per heavy atom. The van der Waals surface area contributed by atoms with Crippen LogP contribution in [0.4, 0.5) is 4.39 Å². The lowest BCUT2D eigenvalue weighted by molar-refractivity contribution is -0.431. The molecule has 1 aliphatic heterocycles. The van der Waals surface area contributed by atoms with Gasteiger partial charge in [0, 0.05) is 17.3 Å². The minimum absolute atomic E-state index is 0.00778. The first-order valence-corrected chi connectivity index (χ1v) is 8.04. The molecule has 0 spiro atoms. The van der Waals surface area contributed by atoms with Gasteiger partial charge in [-0.1, -0.05) is 6.07 Å². The van der Waals surface area contributed by atoms with E-state index in [-0.39, 0.29) is 28.3 Å². The number of nitrogens with one attached hydrogen (secondary N) is 1.